The molecule has 1 aliphatic heterocycles. The van der Waals surface area contributed by atoms with Crippen molar-refractivity contribution in [3.05, 3.63) is 126 Å². The second-order valence-electron chi connectivity index (χ2n) is 11.5. The molecule has 4 aromatic carbocycles. The van der Waals surface area contributed by atoms with Crippen molar-refractivity contribution in [2.75, 3.05) is 30.4 Å². The molecule has 4 aromatic rings. The number of para-hydroxylation sites is 1. The number of rotatable bonds is 13. The lowest BCUT2D eigenvalue weighted by Gasteiger charge is -2.31. The number of nitrogens with one attached hydrogen (secondary N) is 3. The molecule has 1 unspecified atom stereocenters. The van der Waals surface area contributed by atoms with E-state index in [0.29, 0.717) is 42.3 Å². The number of benzene rings is 4. The molecular formula is C36H39N3O6S2. The van der Waals surface area contributed by atoms with Crippen LogP contribution in [-0.2, 0) is 25.8 Å². The van der Waals surface area contributed by atoms with Gasteiger partial charge in [-0.2, -0.15) is 0 Å². The van der Waals surface area contributed by atoms with Crippen molar-refractivity contribution in [2.45, 2.75) is 46.8 Å². The number of hydrogen-bond donors (Lipinski definition) is 4. The largest absolute Gasteiger partial charge is 0.465 e. The molecule has 1 heterocycles. The highest BCUT2D eigenvalue weighted by atomic mass is 32.2. The molecule has 0 bridgehead atoms. The van der Waals surface area contributed by atoms with E-state index in [2.05, 4.69) is 16.0 Å². The topological polar surface area (TPSA) is 134 Å². The predicted octanol–water partition coefficient (Wildman–Crippen LogP) is 5.58. The molecule has 11 heteroatoms. The Labute approximate surface area is 280 Å². The molecule has 0 spiro atoms. The number of ether oxygens (including phenoxy) is 1. The summed E-state index contributed by atoms with van der Waals surface area (Å²) in [5.41, 5.74) is 3.18. The molecule has 1 saturated heterocycles. The van der Waals surface area contributed by atoms with Crippen LogP contribution >= 0.6 is 11.8 Å². The fourth-order valence-electron chi connectivity index (χ4n) is 5.74. The Kier molecular flexibility index (Phi) is 11.7. The maximum Gasteiger partial charge on any atom is 0.405 e. The Morgan fingerprint density at radius 2 is 1.53 bits per heavy atom. The molecule has 0 radical (unpaired) electrons. The van der Waals surface area contributed by atoms with Gasteiger partial charge in [0, 0.05) is 41.6 Å². The summed E-state index contributed by atoms with van der Waals surface area (Å²) in [6.07, 6.45) is 1.16. The fourth-order valence-corrected chi connectivity index (χ4v) is 7.45. The van der Waals surface area contributed by atoms with Gasteiger partial charge in [-0.1, -0.05) is 84.9 Å². The van der Waals surface area contributed by atoms with E-state index in [1.54, 1.807) is 30.0 Å². The molecule has 0 saturated carbocycles. The number of amides is 2. The van der Waals surface area contributed by atoms with Gasteiger partial charge in [-0.15, -0.1) is 11.8 Å². The van der Waals surface area contributed by atoms with Gasteiger partial charge < -0.3 is 25.8 Å². The standard InChI is InChI=1S/C36H39N3O6S2/c1-47(43,44)31-17-10-16-30(21-31)46-24-29-23-37-22-28(45-29)20-19-25-11-8-9-18-32(25)38-35(40)34(39-36(41)42)33(26-12-4-2-5-13-26)27-14-6-3-7-15-27/h2-18,21,28-29,33-34,37,39H,19-20,22-24H2,1H3,(H,38,40)(H,41,42)/t28-,29+,34?/m1/s1. The monoisotopic (exact) mass is 673 g/mol. The molecule has 9 nitrogen and oxygen atoms in total. The quantitative estimate of drug-likeness (QED) is 0.135. The molecule has 2 amide bonds. The number of carboxylic acid groups (broad SMARTS) is 1. The molecule has 0 aliphatic carbocycles. The predicted molar refractivity (Wildman–Crippen MR) is 185 cm³/mol. The third kappa shape index (κ3) is 9.68. The number of anilines is 1. The second-order valence-corrected chi connectivity index (χ2v) is 14.6. The number of sulfone groups is 1. The summed E-state index contributed by atoms with van der Waals surface area (Å²) in [4.78, 5) is 27.0. The maximum absolute atomic E-state index is 13.9. The summed E-state index contributed by atoms with van der Waals surface area (Å²) < 4.78 is 30.3. The van der Waals surface area contributed by atoms with Crippen LogP contribution in [0, 0.1) is 0 Å². The van der Waals surface area contributed by atoms with E-state index >= 15 is 0 Å². The third-order valence-electron chi connectivity index (χ3n) is 8.02. The van der Waals surface area contributed by atoms with Crippen LogP contribution in [0.5, 0.6) is 0 Å². The maximum atomic E-state index is 13.9. The van der Waals surface area contributed by atoms with Crippen LogP contribution in [0.3, 0.4) is 0 Å². The summed E-state index contributed by atoms with van der Waals surface area (Å²) in [6.45, 7) is 1.39. The van der Waals surface area contributed by atoms with Crippen LogP contribution in [0.2, 0.25) is 0 Å². The first kappa shape index (κ1) is 34.2. The summed E-state index contributed by atoms with van der Waals surface area (Å²) >= 11 is 1.56. The Morgan fingerprint density at radius 1 is 0.894 bits per heavy atom. The Balaban J connectivity index is 1.25. The van der Waals surface area contributed by atoms with E-state index in [9.17, 15) is 23.1 Å². The van der Waals surface area contributed by atoms with Crippen molar-refractivity contribution in [2.24, 2.45) is 0 Å². The van der Waals surface area contributed by atoms with Gasteiger partial charge in [0.05, 0.1) is 17.1 Å². The average molecular weight is 674 g/mol. The lowest BCUT2D eigenvalue weighted by Crippen LogP contribution is -2.47. The highest BCUT2D eigenvalue weighted by molar-refractivity contribution is 7.99. The fraction of sp³-hybridized carbons (Fsp3) is 0.278. The van der Waals surface area contributed by atoms with Gasteiger partial charge in [-0.05, 0) is 53.8 Å². The highest BCUT2D eigenvalue weighted by Gasteiger charge is 2.33. The van der Waals surface area contributed by atoms with Crippen LogP contribution in [0.25, 0.3) is 0 Å². The van der Waals surface area contributed by atoms with Crippen molar-refractivity contribution in [1.82, 2.24) is 10.6 Å². The zero-order chi connectivity index (χ0) is 33.2. The van der Waals surface area contributed by atoms with Crippen LogP contribution in [-0.4, -0.2) is 68.9 Å². The SMILES string of the molecule is CS(=O)(=O)c1cccc(SC[C@@H]2CNC[C@@H](CCc3ccccc3NC(=O)C(NC(=O)O)C(c3ccccc3)c3ccccc3)O2)c1. The van der Waals surface area contributed by atoms with Crippen LogP contribution in [0.1, 0.15) is 29.0 Å². The van der Waals surface area contributed by atoms with Crippen LogP contribution in [0.15, 0.2) is 119 Å². The average Bonchev–Trinajstić information content (AvgIpc) is 3.07. The van der Waals surface area contributed by atoms with E-state index < -0.39 is 33.8 Å². The van der Waals surface area contributed by atoms with Crippen molar-refractivity contribution >= 4 is 39.3 Å². The van der Waals surface area contributed by atoms with Gasteiger partial charge in [0.1, 0.15) is 6.04 Å². The molecular weight excluding hydrogens is 635 g/mol. The van der Waals surface area contributed by atoms with E-state index in [0.717, 1.165) is 21.6 Å². The van der Waals surface area contributed by atoms with Crippen LogP contribution in [0.4, 0.5) is 10.5 Å². The lowest BCUT2D eigenvalue weighted by molar-refractivity contribution is -0.118. The van der Waals surface area contributed by atoms with Gasteiger partial charge in [-0.3, -0.25) is 4.79 Å². The minimum atomic E-state index is -3.28. The van der Waals surface area contributed by atoms with E-state index in [1.165, 1.54) is 6.26 Å². The molecule has 1 aliphatic rings. The highest BCUT2D eigenvalue weighted by Crippen LogP contribution is 2.30. The van der Waals surface area contributed by atoms with Gasteiger partial charge in [-0.25, -0.2) is 13.2 Å². The van der Waals surface area contributed by atoms with E-state index in [1.807, 2.05) is 91.0 Å². The van der Waals surface area contributed by atoms with Crippen molar-refractivity contribution < 1.29 is 27.9 Å². The second kappa shape index (κ2) is 16.1. The molecule has 3 atom stereocenters. The summed E-state index contributed by atoms with van der Waals surface area (Å²) in [7, 11) is -3.28. The first-order valence-electron chi connectivity index (χ1n) is 15.4. The lowest BCUT2D eigenvalue weighted by atomic mass is 9.84. The first-order chi connectivity index (χ1) is 22.7. The van der Waals surface area contributed by atoms with Crippen LogP contribution < -0.4 is 16.0 Å². The number of hydrogen-bond acceptors (Lipinski definition) is 7. The number of morpholine rings is 1. The number of carbonyl (C=O) groups is 2. The first-order valence-corrected chi connectivity index (χ1v) is 18.3. The Bertz CT molecular complexity index is 1720. The van der Waals surface area contributed by atoms with E-state index in [4.69, 9.17) is 4.74 Å². The smallest absolute Gasteiger partial charge is 0.405 e. The minimum absolute atomic E-state index is 0.0497. The molecule has 5 rings (SSSR count). The zero-order valence-corrected chi connectivity index (χ0v) is 27.7. The molecule has 47 heavy (non-hydrogen) atoms. The van der Waals surface area contributed by atoms with Gasteiger partial charge >= 0.3 is 6.09 Å². The molecule has 1 fully saturated rings. The normalized spacial score (nSPS) is 17.1. The minimum Gasteiger partial charge on any atom is -0.465 e. The van der Waals surface area contributed by atoms with E-state index in [-0.39, 0.29) is 12.2 Å². The van der Waals surface area contributed by atoms with Gasteiger partial charge in [0.15, 0.2) is 9.84 Å². The molecule has 4 N–H and O–H groups in total. The third-order valence-corrected chi connectivity index (χ3v) is 10.3. The van der Waals surface area contributed by atoms with Crippen molar-refractivity contribution in [3.63, 3.8) is 0 Å². The summed E-state index contributed by atoms with van der Waals surface area (Å²) in [5, 5.41) is 18.7. The van der Waals surface area contributed by atoms with Gasteiger partial charge in [0.2, 0.25) is 5.91 Å². The zero-order valence-electron chi connectivity index (χ0n) is 26.0. The summed E-state index contributed by atoms with van der Waals surface area (Å²) in [5.74, 6) is -0.332. The Morgan fingerprint density at radius 3 is 2.19 bits per heavy atom. The van der Waals surface area contributed by atoms with Crippen molar-refractivity contribution in [3.8, 4) is 0 Å². The van der Waals surface area contributed by atoms with Crippen molar-refractivity contribution in [1.29, 1.82) is 0 Å². The summed E-state index contributed by atoms with van der Waals surface area (Å²) in [6, 6.07) is 32.2. The number of thioether (sulfide) groups is 1. The van der Waals surface area contributed by atoms with Gasteiger partial charge in [0.25, 0.3) is 0 Å². The Hall–Kier alpha value is -4.16. The number of carbonyl (C=O) groups excluding carboxylic acids is 1. The molecule has 0 aromatic heterocycles. The molecule has 246 valence electrons. The number of aryl methyl sites for hydroxylation is 1.